The second kappa shape index (κ2) is 8.33. The number of nitrogens with zero attached hydrogens (tertiary/aromatic N) is 3. The molecular weight excluding hydrogens is 358 g/mol. The number of halogens is 2. The predicted molar refractivity (Wildman–Crippen MR) is 84.3 cm³/mol. The van der Waals surface area contributed by atoms with E-state index in [9.17, 15) is 0 Å². The molecule has 0 aromatic carbocycles. The van der Waals surface area contributed by atoms with Crippen molar-refractivity contribution in [3.8, 4) is 0 Å². The molecule has 0 aliphatic rings. The first-order valence-corrected chi connectivity index (χ1v) is 8.47. The average molecular weight is 381 g/mol. The fourth-order valence-electron chi connectivity index (χ4n) is 2.01. The summed E-state index contributed by atoms with van der Waals surface area (Å²) >= 11 is 7.12. The number of alkyl halides is 1. The van der Waals surface area contributed by atoms with Crippen LogP contribution in [0.4, 0.5) is 0 Å². The van der Waals surface area contributed by atoms with E-state index in [1.165, 1.54) is 25.0 Å². The zero-order valence-electron chi connectivity index (χ0n) is 11.5. The number of aryl methyl sites for hydroxylation is 2. The van der Waals surface area contributed by atoms with Crippen LogP contribution >= 0.6 is 31.9 Å². The maximum atomic E-state index is 4.53. The fraction of sp³-hybridized carbons (Fsp3) is 0.769. The van der Waals surface area contributed by atoms with Crippen LogP contribution in [0.15, 0.2) is 4.47 Å². The first-order chi connectivity index (χ1) is 8.60. The van der Waals surface area contributed by atoms with Crippen molar-refractivity contribution in [1.29, 1.82) is 0 Å². The molecule has 1 heterocycles. The van der Waals surface area contributed by atoms with Crippen LogP contribution in [0.3, 0.4) is 0 Å². The van der Waals surface area contributed by atoms with Crippen molar-refractivity contribution in [3.63, 3.8) is 0 Å². The highest BCUT2D eigenvalue weighted by atomic mass is 79.9. The lowest BCUT2D eigenvalue weighted by Gasteiger charge is -2.17. The van der Waals surface area contributed by atoms with Crippen molar-refractivity contribution in [3.05, 3.63) is 15.9 Å². The van der Waals surface area contributed by atoms with Gasteiger partial charge < -0.3 is 4.90 Å². The van der Waals surface area contributed by atoms with Crippen LogP contribution in [0.1, 0.15) is 37.6 Å². The van der Waals surface area contributed by atoms with E-state index in [0.29, 0.717) is 0 Å². The Balaban J connectivity index is 2.50. The molecule has 0 saturated carbocycles. The number of aromatic nitrogens is 2. The van der Waals surface area contributed by atoms with E-state index in [-0.39, 0.29) is 0 Å². The molecule has 0 saturated heterocycles. The largest absolute Gasteiger partial charge is 0.301 e. The molecule has 0 radical (unpaired) electrons. The molecule has 0 aliphatic carbocycles. The molecule has 1 rings (SSSR count). The molecular formula is C13H23Br2N3. The Labute approximate surface area is 127 Å². The molecule has 0 fully saturated rings. The summed E-state index contributed by atoms with van der Waals surface area (Å²) in [7, 11) is 2.18. The van der Waals surface area contributed by atoms with E-state index in [1.54, 1.807) is 0 Å². The Morgan fingerprint density at radius 2 is 2.00 bits per heavy atom. The van der Waals surface area contributed by atoms with Gasteiger partial charge in [0.15, 0.2) is 0 Å². The highest BCUT2D eigenvalue weighted by molar-refractivity contribution is 9.10. The van der Waals surface area contributed by atoms with Crippen molar-refractivity contribution < 1.29 is 0 Å². The van der Waals surface area contributed by atoms with Crippen LogP contribution in [0.25, 0.3) is 0 Å². The van der Waals surface area contributed by atoms with Gasteiger partial charge in [-0.25, -0.2) is 0 Å². The quantitative estimate of drug-likeness (QED) is 0.502. The molecule has 3 nitrogen and oxygen atoms in total. The summed E-state index contributed by atoms with van der Waals surface area (Å²) in [6.45, 7) is 7.23. The number of rotatable bonds is 8. The van der Waals surface area contributed by atoms with E-state index in [2.05, 4.69) is 67.4 Å². The van der Waals surface area contributed by atoms with Gasteiger partial charge in [-0.05, 0) is 56.2 Å². The summed E-state index contributed by atoms with van der Waals surface area (Å²) in [6, 6.07) is 0. The van der Waals surface area contributed by atoms with Gasteiger partial charge in [-0.2, -0.15) is 5.10 Å². The van der Waals surface area contributed by atoms with Gasteiger partial charge in [0.2, 0.25) is 0 Å². The van der Waals surface area contributed by atoms with E-state index in [4.69, 9.17) is 0 Å². The van der Waals surface area contributed by atoms with Crippen LogP contribution in [0.5, 0.6) is 0 Å². The van der Waals surface area contributed by atoms with Crippen molar-refractivity contribution in [2.24, 2.45) is 0 Å². The maximum absolute atomic E-state index is 4.53. The molecule has 0 bridgehead atoms. The van der Waals surface area contributed by atoms with Crippen molar-refractivity contribution in [2.75, 3.05) is 18.9 Å². The number of unbranched alkanes of at least 4 members (excludes halogenated alkanes) is 2. The molecule has 0 N–H and O–H groups in total. The highest BCUT2D eigenvalue weighted by Gasteiger charge is 2.13. The first-order valence-electron chi connectivity index (χ1n) is 6.56. The van der Waals surface area contributed by atoms with Gasteiger partial charge in [0, 0.05) is 18.4 Å². The monoisotopic (exact) mass is 379 g/mol. The van der Waals surface area contributed by atoms with Gasteiger partial charge in [-0.3, -0.25) is 4.68 Å². The zero-order chi connectivity index (χ0) is 13.5. The summed E-state index contributed by atoms with van der Waals surface area (Å²) in [5.41, 5.74) is 2.37. The zero-order valence-corrected chi connectivity index (χ0v) is 14.7. The minimum atomic E-state index is 0.930. The minimum Gasteiger partial charge on any atom is -0.301 e. The fourth-order valence-corrected chi connectivity index (χ4v) is 2.81. The summed E-state index contributed by atoms with van der Waals surface area (Å²) in [5.74, 6) is 0. The summed E-state index contributed by atoms with van der Waals surface area (Å²) in [4.78, 5) is 2.38. The molecule has 0 atom stereocenters. The lowest BCUT2D eigenvalue weighted by atomic mass is 10.2. The molecule has 0 amide bonds. The Morgan fingerprint density at radius 3 is 2.61 bits per heavy atom. The lowest BCUT2D eigenvalue weighted by molar-refractivity contribution is 0.307. The summed E-state index contributed by atoms with van der Waals surface area (Å²) in [6.07, 6.45) is 3.82. The van der Waals surface area contributed by atoms with Gasteiger partial charge in [0.25, 0.3) is 0 Å². The van der Waals surface area contributed by atoms with Crippen LogP contribution < -0.4 is 0 Å². The SMILES string of the molecule is CCn1nc(C)c(Br)c1CN(C)CCCCCBr. The topological polar surface area (TPSA) is 21.1 Å². The van der Waals surface area contributed by atoms with Crippen LogP contribution in [0.2, 0.25) is 0 Å². The van der Waals surface area contributed by atoms with E-state index in [0.717, 1.165) is 35.1 Å². The normalized spacial score (nSPS) is 11.4. The number of hydrogen-bond donors (Lipinski definition) is 0. The van der Waals surface area contributed by atoms with Gasteiger partial charge >= 0.3 is 0 Å². The number of hydrogen-bond acceptors (Lipinski definition) is 2. The molecule has 0 unspecified atom stereocenters. The van der Waals surface area contributed by atoms with Gasteiger partial charge in [0.05, 0.1) is 15.9 Å². The lowest BCUT2D eigenvalue weighted by Crippen LogP contribution is -2.21. The Bertz CT molecular complexity index is 363. The van der Waals surface area contributed by atoms with Crippen molar-refractivity contribution >= 4 is 31.9 Å². The third-order valence-electron chi connectivity index (χ3n) is 3.05. The second-order valence-electron chi connectivity index (χ2n) is 4.65. The molecule has 5 heteroatoms. The molecule has 18 heavy (non-hydrogen) atoms. The van der Waals surface area contributed by atoms with E-state index < -0.39 is 0 Å². The van der Waals surface area contributed by atoms with Crippen LogP contribution in [-0.4, -0.2) is 33.6 Å². The van der Waals surface area contributed by atoms with Crippen LogP contribution in [0, 0.1) is 6.92 Å². The standard InChI is InChI=1S/C13H23Br2N3/c1-4-18-12(13(15)11(2)16-18)10-17(3)9-7-5-6-8-14/h4-10H2,1-3H3. The Kier molecular flexibility index (Phi) is 7.49. The molecule has 104 valence electrons. The predicted octanol–water partition coefficient (Wildman–Crippen LogP) is 3.97. The third-order valence-corrected chi connectivity index (χ3v) is 4.64. The highest BCUT2D eigenvalue weighted by Crippen LogP contribution is 2.22. The molecule has 1 aromatic rings. The maximum Gasteiger partial charge on any atom is 0.0739 e. The van der Waals surface area contributed by atoms with Gasteiger partial charge in [-0.15, -0.1) is 0 Å². The Morgan fingerprint density at radius 1 is 1.28 bits per heavy atom. The van der Waals surface area contributed by atoms with Crippen molar-refractivity contribution in [2.45, 2.75) is 46.2 Å². The molecule has 1 aromatic heterocycles. The molecule has 0 aliphatic heterocycles. The van der Waals surface area contributed by atoms with E-state index in [1.807, 2.05) is 0 Å². The van der Waals surface area contributed by atoms with Crippen molar-refractivity contribution in [1.82, 2.24) is 14.7 Å². The van der Waals surface area contributed by atoms with Crippen LogP contribution in [-0.2, 0) is 13.1 Å². The second-order valence-corrected chi connectivity index (χ2v) is 6.24. The summed E-state index contributed by atoms with van der Waals surface area (Å²) in [5, 5.41) is 5.64. The Hall–Kier alpha value is 0.130. The third kappa shape index (κ3) is 4.67. The van der Waals surface area contributed by atoms with Gasteiger partial charge in [-0.1, -0.05) is 22.4 Å². The molecule has 0 spiro atoms. The average Bonchev–Trinajstić information content (AvgIpc) is 2.62. The smallest absolute Gasteiger partial charge is 0.0739 e. The van der Waals surface area contributed by atoms with Gasteiger partial charge in [0.1, 0.15) is 0 Å². The summed E-state index contributed by atoms with van der Waals surface area (Å²) < 4.78 is 3.26. The first kappa shape index (κ1) is 16.2. The minimum absolute atomic E-state index is 0.930. The van der Waals surface area contributed by atoms with E-state index >= 15 is 0 Å².